The molecule has 0 aliphatic rings. The molecule has 2 aromatic rings. The van der Waals surface area contributed by atoms with E-state index < -0.39 is 0 Å². The summed E-state index contributed by atoms with van der Waals surface area (Å²) in [5, 5.41) is 5.60. The molecule has 0 bridgehead atoms. The summed E-state index contributed by atoms with van der Waals surface area (Å²) in [4.78, 5) is 15.9. The van der Waals surface area contributed by atoms with Gasteiger partial charge in [0.05, 0.1) is 11.7 Å². The molecule has 92 valence electrons. The van der Waals surface area contributed by atoms with E-state index in [0.29, 0.717) is 0 Å². The van der Waals surface area contributed by atoms with Gasteiger partial charge in [0.1, 0.15) is 0 Å². The average Bonchev–Trinajstić information content (AvgIpc) is 2.40. The predicted molar refractivity (Wildman–Crippen MR) is 71.2 cm³/mol. The molecule has 2 N–H and O–H groups in total. The monoisotopic (exact) mass is 241 g/mol. The highest BCUT2D eigenvalue weighted by Gasteiger charge is 2.09. The van der Waals surface area contributed by atoms with E-state index in [4.69, 9.17) is 0 Å². The van der Waals surface area contributed by atoms with Gasteiger partial charge in [0.2, 0.25) is 0 Å². The van der Waals surface area contributed by atoms with Crippen molar-refractivity contribution in [3.8, 4) is 0 Å². The van der Waals surface area contributed by atoms with Crippen LogP contribution in [0.1, 0.15) is 18.7 Å². The lowest BCUT2D eigenvalue weighted by molar-refractivity contribution is 0.249. The van der Waals surface area contributed by atoms with Gasteiger partial charge < -0.3 is 10.6 Å². The number of urea groups is 1. The van der Waals surface area contributed by atoms with E-state index in [0.717, 1.165) is 11.4 Å². The third kappa shape index (κ3) is 3.31. The summed E-state index contributed by atoms with van der Waals surface area (Å²) in [6.45, 7) is 1.90. The van der Waals surface area contributed by atoms with Crippen LogP contribution in [0.3, 0.4) is 0 Å². The Kier molecular flexibility index (Phi) is 3.91. The fourth-order valence-corrected chi connectivity index (χ4v) is 1.59. The largest absolute Gasteiger partial charge is 0.330 e. The van der Waals surface area contributed by atoms with Crippen LogP contribution in [-0.4, -0.2) is 11.0 Å². The molecule has 2 rings (SSSR count). The van der Waals surface area contributed by atoms with E-state index >= 15 is 0 Å². The van der Waals surface area contributed by atoms with E-state index in [9.17, 15) is 4.79 Å². The van der Waals surface area contributed by atoms with E-state index in [1.807, 2.05) is 55.5 Å². The molecular weight excluding hydrogens is 226 g/mol. The van der Waals surface area contributed by atoms with Crippen LogP contribution in [0, 0.1) is 0 Å². The Balaban J connectivity index is 1.92. The number of pyridine rings is 1. The van der Waals surface area contributed by atoms with E-state index in [-0.39, 0.29) is 12.1 Å². The number of nitrogens with one attached hydrogen (secondary N) is 2. The van der Waals surface area contributed by atoms with Crippen LogP contribution in [0.25, 0.3) is 0 Å². The maximum Gasteiger partial charge on any atom is 0.319 e. The van der Waals surface area contributed by atoms with Gasteiger partial charge in [-0.15, -0.1) is 0 Å². The van der Waals surface area contributed by atoms with Crippen molar-refractivity contribution < 1.29 is 4.79 Å². The zero-order valence-electron chi connectivity index (χ0n) is 10.1. The van der Waals surface area contributed by atoms with Crippen molar-refractivity contribution in [2.75, 3.05) is 5.32 Å². The summed E-state index contributed by atoms with van der Waals surface area (Å²) in [6, 6.07) is 14.6. The highest BCUT2D eigenvalue weighted by molar-refractivity contribution is 5.89. The summed E-state index contributed by atoms with van der Waals surface area (Å²) in [6.07, 6.45) is 1.71. The van der Waals surface area contributed by atoms with Crippen LogP contribution < -0.4 is 10.6 Å². The van der Waals surface area contributed by atoms with Crippen molar-refractivity contribution >= 4 is 11.7 Å². The molecule has 1 aromatic heterocycles. The SMILES string of the molecule is C[C@H](NC(=O)Nc1ccccc1)c1ccccn1. The first kappa shape index (κ1) is 12.1. The van der Waals surface area contributed by atoms with Crippen molar-refractivity contribution in [1.82, 2.24) is 10.3 Å². The lowest BCUT2D eigenvalue weighted by atomic mass is 10.2. The molecule has 0 radical (unpaired) electrons. The smallest absolute Gasteiger partial charge is 0.319 e. The maximum atomic E-state index is 11.7. The Morgan fingerprint density at radius 1 is 1.11 bits per heavy atom. The molecule has 0 fully saturated rings. The molecule has 0 unspecified atom stereocenters. The Bertz CT molecular complexity index is 499. The van der Waals surface area contributed by atoms with Crippen LogP contribution in [0.2, 0.25) is 0 Å². The third-order valence-corrected chi connectivity index (χ3v) is 2.51. The van der Waals surface area contributed by atoms with Crippen LogP contribution >= 0.6 is 0 Å². The fraction of sp³-hybridized carbons (Fsp3) is 0.143. The van der Waals surface area contributed by atoms with Gasteiger partial charge >= 0.3 is 6.03 Å². The molecule has 4 heteroatoms. The van der Waals surface area contributed by atoms with Gasteiger partial charge in [0.25, 0.3) is 0 Å². The topological polar surface area (TPSA) is 54.0 Å². The van der Waals surface area contributed by atoms with E-state index in [2.05, 4.69) is 15.6 Å². The zero-order valence-corrected chi connectivity index (χ0v) is 10.1. The van der Waals surface area contributed by atoms with Crippen molar-refractivity contribution in [3.63, 3.8) is 0 Å². The highest BCUT2D eigenvalue weighted by atomic mass is 16.2. The molecule has 0 aliphatic heterocycles. The van der Waals surface area contributed by atoms with Gasteiger partial charge in [-0.05, 0) is 31.2 Å². The summed E-state index contributed by atoms with van der Waals surface area (Å²) in [5.41, 5.74) is 1.60. The number of aromatic nitrogens is 1. The first-order valence-electron chi connectivity index (χ1n) is 5.79. The van der Waals surface area contributed by atoms with Crippen LogP contribution in [0.15, 0.2) is 54.7 Å². The second-order valence-electron chi connectivity index (χ2n) is 3.94. The molecule has 18 heavy (non-hydrogen) atoms. The lowest BCUT2D eigenvalue weighted by Gasteiger charge is -2.14. The molecule has 0 saturated carbocycles. The Morgan fingerprint density at radius 2 is 1.83 bits per heavy atom. The molecular formula is C14H15N3O. The summed E-state index contributed by atoms with van der Waals surface area (Å²) < 4.78 is 0. The predicted octanol–water partition coefficient (Wildman–Crippen LogP) is 2.96. The highest BCUT2D eigenvalue weighted by Crippen LogP contribution is 2.09. The molecule has 1 aromatic carbocycles. The first-order chi connectivity index (χ1) is 8.75. The maximum absolute atomic E-state index is 11.7. The van der Waals surface area contributed by atoms with Crippen molar-refractivity contribution in [3.05, 3.63) is 60.4 Å². The molecule has 0 saturated heterocycles. The molecule has 0 spiro atoms. The van der Waals surface area contributed by atoms with Crippen molar-refractivity contribution in [2.45, 2.75) is 13.0 Å². The molecule has 2 amide bonds. The van der Waals surface area contributed by atoms with Crippen molar-refractivity contribution in [1.29, 1.82) is 0 Å². The fourth-order valence-electron chi connectivity index (χ4n) is 1.59. The summed E-state index contributed by atoms with van der Waals surface area (Å²) in [5.74, 6) is 0. The number of carbonyl (C=O) groups excluding carboxylic acids is 1. The number of hydrogen-bond donors (Lipinski definition) is 2. The van der Waals surface area contributed by atoms with E-state index in [1.165, 1.54) is 0 Å². The Hall–Kier alpha value is -2.36. The number of anilines is 1. The molecule has 0 aliphatic carbocycles. The normalized spacial score (nSPS) is 11.6. The number of nitrogens with zero attached hydrogens (tertiary/aromatic N) is 1. The van der Waals surface area contributed by atoms with Gasteiger partial charge in [-0.25, -0.2) is 4.79 Å². The first-order valence-corrected chi connectivity index (χ1v) is 5.79. The third-order valence-electron chi connectivity index (χ3n) is 2.51. The summed E-state index contributed by atoms with van der Waals surface area (Å²) in [7, 11) is 0. The second kappa shape index (κ2) is 5.82. The number of benzene rings is 1. The van der Waals surface area contributed by atoms with Crippen molar-refractivity contribution in [2.24, 2.45) is 0 Å². The van der Waals surface area contributed by atoms with Crippen LogP contribution in [0.5, 0.6) is 0 Å². The van der Waals surface area contributed by atoms with E-state index in [1.54, 1.807) is 6.20 Å². The molecule has 1 heterocycles. The minimum atomic E-state index is -0.237. The second-order valence-corrected chi connectivity index (χ2v) is 3.94. The van der Waals surface area contributed by atoms with Gasteiger partial charge in [-0.2, -0.15) is 0 Å². The van der Waals surface area contributed by atoms with Gasteiger partial charge in [0.15, 0.2) is 0 Å². The number of carbonyl (C=O) groups is 1. The van der Waals surface area contributed by atoms with Gasteiger partial charge in [-0.1, -0.05) is 24.3 Å². The Labute approximate surface area is 106 Å². The average molecular weight is 241 g/mol. The molecule has 1 atom stereocenters. The standard InChI is InChI=1S/C14H15N3O/c1-11(13-9-5-6-10-15-13)16-14(18)17-12-7-3-2-4-8-12/h2-11H,1H3,(H2,16,17,18)/t11-/m0/s1. The van der Waals surface area contributed by atoms with Gasteiger partial charge in [-0.3, -0.25) is 4.98 Å². The van der Waals surface area contributed by atoms with Gasteiger partial charge in [0, 0.05) is 11.9 Å². The number of amides is 2. The number of rotatable bonds is 3. The number of hydrogen-bond acceptors (Lipinski definition) is 2. The lowest BCUT2D eigenvalue weighted by Crippen LogP contribution is -2.31. The Morgan fingerprint density at radius 3 is 2.50 bits per heavy atom. The quantitative estimate of drug-likeness (QED) is 0.868. The minimum absolute atomic E-state index is 0.130. The van der Waals surface area contributed by atoms with Crippen LogP contribution in [0.4, 0.5) is 10.5 Å². The zero-order chi connectivity index (χ0) is 12.8. The summed E-state index contributed by atoms with van der Waals surface area (Å²) >= 11 is 0. The van der Waals surface area contributed by atoms with Crippen LogP contribution in [-0.2, 0) is 0 Å². The minimum Gasteiger partial charge on any atom is -0.330 e. The molecule has 4 nitrogen and oxygen atoms in total. The number of para-hydroxylation sites is 1.